The number of aliphatic hydroxyl groups is 1. The van der Waals surface area contributed by atoms with Crippen LogP contribution in [0.2, 0.25) is 0 Å². The van der Waals surface area contributed by atoms with Crippen LogP contribution in [0.25, 0.3) is 10.7 Å². The van der Waals surface area contributed by atoms with Gasteiger partial charge >= 0.3 is 0 Å². The lowest BCUT2D eigenvalue weighted by Crippen LogP contribution is -2.28. The Bertz CT molecular complexity index is 524. The van der Waals surface area contributed by atoms with E-state index >= 15 is 0 Å². The van der Waals surface area contributed by atoms with Crippen molar-refractivity contribution in [3.8, 4) is 10.7 Å². The zero-order valence-electron chi connectivity index (χ0n) is 10.7. The van der Waals surface area contributed by atoms with E-state index in [2.05, 4.69) is 14.9 Å². The lowest BCUT2D eigenvalue weighted by molar-refractivity contribution is 0.184. The van der Waals surface area contributed by atoms with E-state index in [9.17, 15) is 0 Å². The first-order valence-electron chi connectivity index (χ1n) is 6.58. The molecule has 0 unspecified atom stereocenters. The predicted octanol–water partition coefficient (Wildman–Crippen LogP) is 2.16. The molecular formula is C14H17N3OS. The molecule has 0 atom stereocenters. The van der Waals surface area contributed by atoms with Crippen LogP contribution in [0.4, 0.5) is 0 Å². The van der Waals surface area contributed by atoms with E-state index in [0.29, 0.717) is 6.04 Å². The quantitative estimate of drug-likeness (QED) is 0.877. The third kappa shape index (κ3) is 3.18. The minimum absolute atomic E-state index is 0.225. The molecule has 1 saturated carbocycles. The van der Waals surface area contributed by atoms with Crippen LogP contribution < -0.4 is 0 Å². The Kier molecular flexibility index (Phi) is 3.87. The summed E-state index contributed by atoms with van der Waals surface area (Å²) >= 11 is 1.69. The molecule has 1 fully saturated rings. The second kappa shape index (κ2) is 5.77. The molecule has 2 heterocycles. The third-order valence-corrected chi connectivity index (χ3v) is 4.25. The van der Waals surface area contributed by atoms with E-state index in [1.54, 1.807) is 17.5 Å². The summed E-state index contributed by atoms with van der Waals surface area (Å²) < 4.78 is 0. The first kappa shape index (κ1) is 12.7. The average Bonchev–Trinajstić information content (AvgIpc) is 3.19. The molecule has 2 aromatic rings. The maximum absolute atomic E-state index is 9.11. The predicted molar refractivity (Wildman–Crippen MR) is 75.9 cm³/mol. The molecule has 5 heteroatoms. The highest BCUT2D eigenvalue weighted by molar-refractivity contribution is 7.14. The average molecular weight is 275 g/mol. The van der Waals surface area contributed by atoms with Gasteiger partial charge in [-0.1, -0.05) is 6.07 Å². The molecule has 100 valence electrons. The minimum Gasteiger partial charge on any atom is -0.395 e. The van der Waals surface area contributed by atoms with Crippen LogP contribution in [0.1, 0.15) is 17.7 Å². The van der Waals surface area contributed by atoms with Gasteiger partial charge in [0.15, 0.2) is 0 Å². The molecule has 4 nitrogen and oxygen atoms in total. The normalized spacial score (nSPS) is 15.1. The van der Waals surface area contributed by atoms with Crippen molar-refractivity contribution in [3.05, 3.63) is 35.5 Å². The van der Waals surface area contributed by atoms with Crippen LogP contribution in [-0.4, -0.2) is 39.2 Å². The number of hydrogen-bond acceptors (Lipinski definition) is 5. The van der Waals surface area contributed by atoms with Crippen LogP contribution in [-0.2, 0) is 6.54 Å². The highest BCUT2D eigenvalue weighted by atomic mass is 32.1. The first-order valence-corrected chi connectivity index (χ1v) is 7.39. The van der Waals surface area contributed by atoms with E-state index in [1.165, 1.54) is 17.7 Å². The number of pyridine rings is 1. The van der Waals surface area contributed by atoms with Gasteiger partial charge in [-0.25, -0.2) is 4.98 Å². The molecule has 1 N–H and O–H groups in total. The fraction of sp³-hybridized carbons (Fsp3) is 0.429. The summed E-state index contributed by atoms with van der Waals surface area (Å²) in [5.41, 5.74) is 0.930. The third-order valence-electron chi connectivity index (χ3n) is 3.25. The highest BCUT2D eigenvalue weighted by Crippen LogP contribution is 2.30. The molecule has 1 aliphatic carbocycles. The highest BCUT2D eigenvalue weighted by Gasteiger charge is 2.28. The fourth-order valence-corrected chi connectivity index (χ4v) is 3.06. The summed E-state index contributed by atoms with van der Waals surface area (Å²) in [6.07, 6.45) is 6.23. The second-order valence-electron chi connectivity index (χ2n) is 4.77. The van der Waals surface area contributed by atoms with Gasteiger partial charge in [0.25, 0.3) is 0 Å². The van der Waals surface area contributed by atoms with Crippen molar-refractivity contribution in [1.82, 2.24) is 14.9 Å². The van der Waals surface area contributed by atoms with Gasteiger partial charge < -0.3 is 5.11 Å². The number of hydrogen-bond donors (Lipinski definition) is 1. The van der Waals surface area contributed by atoms with Gasteiger partial charge in [0, 0.05) is 36.4 Å². The Labute approximate surface area is 116 Å². The van der Waals surface area contributed by atoms with E-state index in [4.69, 9.17) is 5.11 Å². The summed E-state index contributed by atoms with van der Waals surface area (Å²) in [4.78, 5) is 12.3. The van der Waals surface area contributed by atoms with E-state index < -0.39 is 0 Å². The molecule has 2 aromatic heterocycles. The smallest absolute Gasteiger partial charge is 0.142 e. The maximum atomic E-state index is 9.11. The lowest BCUT2D eigenvalue weighted by atomic mass is 10.4. The largest absolute Gasteiger partial charge is 0.395 e. The summed E-state index contributed by atoms with van der Waals surface area (Å²) in [5, 5.41) is 10.1. The van der Waals surface area contributed by atoms with Gasteiger partial charge in [0.05, 0.1) is 12.3 Å². The Hall–Kier alpha value is -1.30. The first-order chi connectivity index (χ1) is 9.36. The molecular weight excluding hydrogens is 258 g/mol. The fourth-order valence-electron chi connectivity index (χ4n) is 2.15. The summed E-state index contributed by atoms with van der Waals surface area (Å²) in [6, 6.07) is 6.53. The molecule has 0 spiro atoms. The maximum Gasteiger partial charge on any atom is 0.142 e. The van der Waals surface area contributed by atoms with Gasteiger partial charge in [-0.2, -0.15) is 0 Å². The van der Waals surface area contributed by atoms with Crippen molar-refractivity contribution in [2.75, 3.05) is 13.2 Å². The summed E-state index contributed by atoms with van der Waals surface area (Å²) in [7, 11) is 0. The molecule has 3 rings (SSSR count). The van der Waals surface area contributed by atoms with Crippen LogP contribution >= 0.6 is 11.3 Å². The molecule has 0 radical (unpaired) electrons. The van der Waals surface area contributed by atoms with Crippen LogP contribution in [0.3, 0.4) is 0 Å². The molecule has 0 saturated heterocycles. The standard InChI is InChI=1S/C14H17N3OS/c18-8-7-17(11-4-5-11)10-12-9-16-14(19-12)13-3-1-2-6-15-13/h1-3,6,9,11,18H,4-5,7-8,10H2. The molecule has 0 aromatic carbocycles. The Morgan fingerprint density at radius 2 is 2.21 bits per heavy atom. The zero-order valence-corrected chi connectivity index (χ0v) is 11.5. The van der Waals surface area contributed by atoms with Gasteiger partial charge in [-0.3, -0.25) is 9.88 Å². The van der Waals surface area contributed by atoms with E-state index in [-0.39, 0.29) is 6.61 Å². The molecule has 1 aliphatic rings. The SMILES string of the molecule is OCCN(Cc1cnc(-c2ccccn2)s1)C1CC1. The van der Waals surface area contributed by atoms with Crippen molar-refractivity contribution in [2.24, 2.45) is 0 Å². The number of thiazole rings is 1. The van der Waals surface area contributed by atoms with Crippen molar-refractivity contribution in [2.45, 2.75) is 25.4 Å². The number of nitrogens with zero attached hydrogens (tertiary/aromatic N) is 3. The van der Waals surface area contributed by atoms with Crippen molar-refractivity contribution < 1.29 is 5.11 Å². The van der Waals surface area contributed by atoms with Crippen molar-refractivity contribution in [3.63, 3.8) is 0 Å². The second-order valence-corrected chi connectivity index (χ2v) is 5.89. The van der Waals surface area contributed by atoms with Gasteiger partial charge in [-0.15, -0.1) is 11.3 Å². The molecule has 0 bridgehead atoms. The number of rotatable bonds is 6. The van der Waals surface area contributed by atoms with Crippen molar-refractivity contribution in [1.29, 1.82) is 0 Å². The molecule has 0 amide bonds. The monoisotopic (exact) mass is 275 g/mol. The Morgan fingerprint density at radius 3 is 2.89 bits per heavy atom. The summed E-state index contributed by atoms with van der Waals surface area (Å²) in [6.45, 7) is 1.86. The zero-order chi connectivity index (χ0) is 13.1. The van der Waals surface area contributed by atoms with Crippen LogP contribution in [0, 0.1) is 0 Å². The summed E-state index contributed by atoms with van der Waals surface area (Å²) in [5.74, 6) is 0. The topological polar surface area (TPSA) is 49.2 Å². The van der Waals surface area contributed by atoms with Gasteiger partial charge in [0.1, 0.15) is 5.01 Å². The van der Waals surface area contributed by atoms with Crippen LogP contribution in [0.15, 0.2) is 30.6 Å². The number of aliphatic hydroxyl groups excluding tert-OH is 1. The van der Waals surface area contributed by atoms with E-state index in [0.717, 1.165) is 23.8 Å². The minimum atomic E-state index is 0.225. The Morgan fingerprint density at radius 1 is 1.32 bits per heavy atom. The lowest BCUT2D eigenvalue weighted by Gasteiger charge is -2.19. The van der Waals surface area contributed by atoms with E-state index in [1.807, 2.05) is 24.4 Å². The van der Waals surface area contributed by atoms with Gasteiger partial charge in [0.2, 0.25) is 0 Å². The van der Waals surface area contributed by atoms with Crippen molar-refractivity contribution >= 4 is 11.3 Å². The Balaban J connectivity index is 1.70. The molecule has 19 heavy (non-hydrogen) atoms. The van der Waals surface area contributed by atoms with Gasteiger partial charge in [-0.05, 0) is 25.0 Å². The number of aromatic nitrogens is 2. The molecule has 0 aliphatic heterocycles. The van der Waals surface area contributed by atoms with Crippen LogP contribution in [0.5, 0.6) is 0 Å².